The third-order valence-electron chi connectivity index (χ3n) is 5.60. The lowest BCUT2D eigenvalue weighted by atomic mass is 10.1. The number of barbiturate groups is 1. The lowest BCUT2D eigenvalue weighted by molar-refractivity contribution is -0.122. The molecule has 0 spiro atoms. The number of aryl methyl sites for hydroxylation is 1. The topological polar surface area (TPSA) is 114 Å². The monoisotopic (exact) mass is 643 g/mol. The van der Waals surface area contributed by atoms with Crippen LogP contribution in [0.2, 0.25) is 0 Å². The molecule has 0 unspecified atom stereocenters. The van der Waals surface area contributed by atoms with Gasteiger partial charge in [-0.3, -0.25) is 19.7 Å². The van der Waals surface area contributed by atoms with Crippen LogP contribution >= 0.6 is 22.6 Å². The summed E-state index contributed by atoms with van der Waals surface area (Å²) in [6.07, 6.45) is 1.32. The number of halogens is 2. The number of nitrogens with zero attached hydrogens (tertiary/aromatic N) is 1. The maximum atomic E-state index is 13.3. The van der Waals surface area contributed by atoms with Gasteiger partial charge >= 0.3 is 6.03 Å². The molecule has 2 N–H and O–H groups in total. The van der Waals surface area contributed by atoms with Crippen LogP contribution in [0.1, 0.15) is 18.1 Å². The van der Waals surface area contributed by atoms with Crippen LogP contribution in [0, 0.1) is 16.3 Å². The number of nitrogens with one attached hydrogen (secondary N) is 2. The number of rotatable bonds is 8. The molecule has 200 valence electrons. The maximum absolute atomic E-state index is 13.3. The Kier molecular flexibility index (Phi) is 8.59. The number of ether oxygens (including phenoxy) is 2. The number of amides is 5. The molecule has 0 radical (unpaired) electrons. The smallest absolute Gasteiger partial charge is 0.335 e. The van der Waals surface area contributed by atoms with E-state index in [1.807, 2.05) is 47.7 Å². The highest BCUT2D eigenvalue weighted by molar-refractivity contribution is 14.1. The van der Waals surface area contributed by atoms with Gasteiger partial charge in [-0.2, -0.15) is 0 Å². The largest absolute Gasteiger partial charge is 0.490 e. The van der Waals surface area contributed by atoms with E-state index in [9.17, 15) is 23.6 Å². The van der Waals surface area contributed by atoms with Gasteiger partial charge in [-0.25, -0.2) is 14.1 Å². The van der Waals surface area contributed by atoms with Crippen molar-refractivity contribution in [3.05, 3.63) is 86.8 Å². The van der Waals surface area contributed by atoms with Crippen LogP contribution in [0.4, 0.5) is 20.6 Å². The molecule has 39 heavy (non-hydrogen) atoms. The number of imide groups is 2. The molecule has 1 aliphatic heterocycles. The van der Waals surface area contributed by atoms with Crippen molar-refractivity contribution in [3.8, 4) is 11.5 Å². The molecule has 0 aliphatic carbocycles. The van der Waals surface area contributed by atoms with Crippen LogP contribution in [0.3, 0.4) is 0 Å². The van der Waals surface area contributed by atoms with Gasteiger partial charge in [0.2, 0.25) is 0 Å². The molecule has 11 heteroatoms. The molecular formula is C28H23FIN3O6. The first-order valence-electron chi connectivity index (χ1n) is 11.8. The van der Waals surface area contributed by atoms with Crippen molar-refractivity contribution in [2.24, 2.45) is 0 Å². The standard InChI is InChI=1S/C28H23FIN3O6/c1-3-38-23-14-17(13-21(30)25(23)39-15-24(34)31-22-7-5-4-6-16(22)2)12-20-26(35)32-28(37)33(27(20)36)19-10-8-18(29)9-11-19/h4-14H,3,15H2,1-2H3,(H,31,34)(H,32,35,37)/b20-12+. The van der Waals surface area contributed by atoms with Gasteiger partial charge in [0, 0.05) is 5.69 Å². The van der Waals surface area contributed by atoms with E-state index < -0.39 is 23.7 Å². The molecule has 5 amide bonds. The fourth-order valence-electron chi connectivity index (χ4n) is 3.76. The van der Waals surface area contributed by atoms with Crippen molar-refractivity contribution in [1.29, 1.82) is 0 Å². The first kappa shape index (κ1) is 27.8. The van der Waals surface area contributed by atoms with E-state index in [-0.39, 0.29) is 30.4 Å². The van der Waals surface area contributed by atoms with Gasteiger partial charge in [-0.05, 0) is 96.1 Å². The summed E-state index contributed by atoms with van der Waals surface area (Å²) in [5.41, 5.74) is 1.81. The molecule has 1 saturated heterocycles. The Balaban J connectivity index is 1.58. The zero-order chi connectivity index (χ0) is 28.1. The van der Waals surface area contributed by atoms with E-state index in [2.05, 4.69) is 10.6 Å². The van der Waals surface area contributed by atoms with Crippen LogP contribution in [-0.2, 0) is 14.4 Å². The highest BCUT2D eigenvalue weighted by Gasteiger charge is 2.37. The van der Waals surface area contributed by atoms with Crippen molar-refractivity contribution in [3.63, 3.8) is 0 Å². The van der Waals surface area contributed by atoms with Gasteiger partial charge in [0.1, 0.15) is 11.4 Å². The minimum absolute atomic E-state index is 0.106. The van der Waals surface area contributed by atoms with Crippen molar-refractivity contribution in [2.75, 3.05) is 23.4 Å². The second-order valence-corrected chi connectivity index (χ2v) is 9.51. The van der Waals surface area contributed by atoms with Gasteiger partial charge in [0.25, 0.3) is 17.7 Å². The first-order valence-corrected chi connectivity index (χ1v) is 12.9. The lowest BCUT2D eigenvalue weighted by Gasteiger charge is -2.26. The SMILES string of the molecule is CCOc1cc(/C=C2\C(=O)NC(=O)N(c3ccc(F)cc3)C2=O)cc(I)c1OCC(=O)Nc1ccccc1C. The molecule has 1 aliphatic rings. The Bertz CT molecular complexity index is 1490. The second kappa shape index (κ2) is 12.1. The number of carbonyl (C=O) groups excluding carboxylic acids is 4. The van der Waals surface area contributed by atoms with Crippen LogP contribution in [-0.4, -0.2) is 37.0 Å². The fraction of sp³-hybridized carbons (Fsp3) is 0.143. The summed E-state index contributed by atoms with van der Waals surface area (Å²) in [5, 5.41) is 4.93. The molecule has 4 rings (SSSR count). The molecule has 3 aromatic rings. The normalized spacial score (nSPS) is 14.3. The predicted octanol–water partition coefficient (Wildman–Crippen LogP) is 4.82. The molecule has 9 nitrogen and oxygen atoms in total. The van der Waals surface area contributed by atoms with Crippen molar-refractivity contribution in [1.82, 2.24) is 5.32 Å². The van der Waals surface area contributed by atoms with E-state index in [1.165, 1.54) is 18.2 Å². The van der Waals surface area contributed by atoms with Gasteiger partial charge in [0.15, 0.2) is 18.1 Å². The number of benzene rings is 3. The first-order chi connectivity index (χ1) is 18.7. The Hall–Kier alpha value is -4.26. The number of anilines is 2. The number of para-hydroxylation sites is 1. The summed E-state index contributed by atoms with van der Waals surface area (Å²) < 4.78 is 25.4. The summed E-state index contributed by atoms with van der Waals surface area (Å²) in [5.74, 6) is -2.01. The highest BCUT2D eigenvalue weighted by atomic mass is 127. The van der Waals surface area contributed by atoms with Crippen LogP contribution < -0.4 is 25.0 Å². The Morgan fingerprint density at radius 3 is 2.49 bits per heavy atom. The number of urea groups is 1. The fourth-order valence-corrected chi connectivity index (χ4v) is 4.54. The Morgan fingerprint density at radius 2 is 1.79 bits per heavy atom. The van der Waals surface area contributed by atoms with Crippen LogP contribution in [0.15, 0.2) is 66.2 Å². The van der Waals surface area contributed by atoms with E-state index in [0.717, 1.165) is 22.6 Å². The minimum Gasteiger partial charge on any atom is -0.490 e. The zero-order valence-electron chi connectivity index (χ0n) is 20.9. The Morgan fingerprint density at radius 1 is 1.08 bits per heavy atom. The summed E-state index contributed by atoms with van der Waals surface area (Å²) in [7, 11) is 0. The third kappa shape index (κ3) is 6.42. The quantitative estimate of drug-likeness (QED) is 0.207. The summed E-state index contributed by atoms with van der Waals surface area (Å²) in [4.78, 5) is 51.3. The molecule has 1 fully saturated rings. The van der Waals surface area contributed by atoms with E-state index in [4.69, 9.17) is 9.47 Å². The van der Waals surface area contributed by atoms with Crippen molar-refractivity contribution < 1.29 is 33.0 Å². The van der Waals surface area contributed by atoms with Gasteiger partial charge in [-0.1, -0.05) is 18.2 Å². The third-order valence-corrected chi connectivity index (χ3v) is 6.40. The maximum Gasteiger partial charge on any atom is 0.335 e. The van der Waals surface area contributed by atoms with E-state index in [0.29, 0.717) is 26.3 Å². The van der Waals surface area contributed by atoms with Crippen molar-refractivity contribution in [2.45, 2.75) is 13.8 Å². The molecular weight excluding hydrogens is 620 g/mol. The van der Waals surface area contributed by atoms with E-state index >= 15 is 0 Å². The second-order valence-electron chi connectivity index (χ2n) is 8.35. The van der Waals surface area contributed by atoms with Crippen LogP contribution in [0.5, 0.6) is 11.5 Å². The molecule has 0 bridgehead atoms. The van der Waals surface area contributed by atoms with Gasteiger partial charge < -0.3 is 14.8 Å². The number of hydrogen-bond donors (Lipinski definition) is 2. The number of hydrogen-bond acceptors (Lipinski definition) is 6. The summed E-state index contributed by atoms with van der Waals surface area (Å²) in [6.45, 7) is 3.66. The highest BCUT2D eigenvalue weighted by Crippen LogP contribution is 2.35. The molecule has 3 aromatic carbocycles. The molecule has 0 atom stereocenters. The summed E-state index contributed by atoms with van der Waals surface area (Å²) >= 11 is 2.00. The number of carbonyl (C=O) groups is 4. The minimum atomic E-state index is -0.939. The van der Waals surface area contributed by atoms with Gasteiger partial charge in [-0.15, -0.1) is 0 Å². The summed E-state index contributed by atoms with van der Waals surface area (Å²) in [6, 6.07) is 14.4. The molecule has 0 saturated carbocycles. The Labute approximate surface area is 237 Å². The van der Waals surface area contributed by atoms with Crippen molar-refractivity contribution >= 4 is 63.8 Å². The lowest BCUT2D eigenvalue weighted by Crippen LogP contribution is -2.54. The molecule has 1 heterocycles. The van der Waals surface area contributed by atoms with Gasteiger partial charge in [0.05, 0.1) is 15.9 Å². The average molecular weight is 643 g/mol. The van der Waals surface area contributed by atoms with E-state index in [1.54, 1.807) is 25.1 Å². The zero-order valence-corrected chi connectivity index (χ0v) is 23.1. The predicted molar refractivity (Wildman–Crippen MR) is 151 cm³/mol. The molecule has 0 aromatic heterocycles. The van der Waals surface area contributed by atoms with Crippen LogP contribution in [0.25, 0.3) is 6.08 Å². The average Bonchev–Trinajstić information content (AvgIpc) is 2.88.